The summed E-state index contributed by atoms with van der Waals surface area (Å²) >= 11 is 0. The Hall–Kier alpha value is -0.860. The lowest BCUT2D eigenvalue weighted by molar-refractivity contribution is 0.300. The smallest absolute Gasteiger partial charge is 0.0230 e. The molecule has 0 heterocycles. The van der Waals surface area contributed by atoms with E-state index in [4.69, 9.17) is 5.73 Å². The molecule has 0 saturated heterocycles. The lowest BCUT2D eigenvalue weighted by Gasteiger charge is -2.21. The van der Waals surface area contributed by atoms with Crippen LogP contribution in [0.5, 0.6) is 0 Å². The Morgan fingerprint density at radius 3 is 2.21 bits per heavy atom. The van der Waals surface area contributed by atoms with Crippen molar-refractivity contribution in [2.45, 2.75) is 46.1 Å². The number of nitrogens with two attached hydrogens (primary N) is 1. The number of hydrogen-bond acceptors (Lipinski definition) is 2. The van der Waals surface area contributed by atoms with Crippen molar-refractivity contribution in [3.8, 4) is 0 Å². The Morgan fingerprint density at radius 2 is 1.74 bits per heavy atom. The second kappa shape index (κ2) is 7.06. The Labute approximate surface area is 119 Å². The van der Waals surface area contributed by atoms with Gasteiger partial charge in [0.1, 0.15) is 0 Å². The maximum atomic E-state index is 5.65. The molecule has 0 aliphatic rings. The lowest BCUT2D eigenvalue weighted by Crippen LogP contribution is -2.23. The highest BCUT2D eigenvalue weighted by Crippen LogP contribution is 2.22. The van der Waals surface area contributed by atoms with Gasteiger partial charge in [0, 0.05) is 6.54 Å². The second-order valence-electron chi connectivity index (χ2n) is 6.81. The van der Waals surface area contributed by atoms with E-state index in [0.29, 0.717) is 5.92 Å². The number of rotatable bonds is 6. The highest BCUT2D eigenvalue weighted by Gasteiger charge is 2.13. The van der Waals surface area contributed by atoms with Crippen molar-refractivity contribution in [2.75, 3.05) is 20.1 Å². The first-order chi connectivity index (χ1) is 8.82. The van der Waals surface area contributed by atoms with E-state index in [1.165, 1.54) is 17.5 Å². The van der Waals surface area contributed by atoms with Gasteiger partial charge in [0.15, 0.2) is 0 Å². The zero-order valence-electron chi connectivity index (χ0n) is 13.2. The molecule has 0 aromatic heterocycles. The van der Waals surface area contributed by atoms with Crippen LogP contribution in [0.2, 0.25) is 0 Å². The maximum Gasteiger partial charge on any atom is 0.0230 e. The van der Waals surface area contributed by atoms with Crippen molar-refractivity contribution in [1.82, 2.24) is 4.90 Å². The van der Waals surface area contributed by atoms with Gasteiger partial charge in [-0.15, -0.1) is 0 Å². The third-order valence-electron chi connectivity index (χ3n) is 3.68. The number of nitrogens with zero attached hydrogens (tertiary/aromatic N) is 1. The predicted molar refractivity (Wildman–Crippen MR) is 84.3 cm³/mol. The van der Waals surface area contributed by atoms with Crippen molar-refractivity contribution in [1.29, 1.82) is 0 Å². The molecule has 1 unspecified atom stereocenters. The largest absolute Gasteiger partial charge is 0.330 e. The van der Waals surface area contributed by atoms with Gasteiger partial charge < -0.3 is 10.6 Å². The third kappa shape index (κ3) is 5.75. The van der Waals surface area contributed by atoms with E-state index in [1.54, 1.807) is 0 Å². The summed E-state index contributed by atoms with van der Waals surface area (Å²) in [7, 11) is 2.18. The van der Waals surface area contributed by atoms with E-state index in [0.717, 1.165) is 19.6 Å². The van der Waals surface area contributed by atoms with Crippen LogP contribution in [0.15, 0.2) is 24.3 Å². The van der Waals surface area contributed by atoms with Crippen LogP contribution in [0.4, 0.5) is 0 Å². The third-order valence-corrected chi connectivity index (χ3v) is 3.68. The first-order valence-electron chi connectivity index (χ1n) is 7.31. The molecule has 2 heteroatoms. The highest BCUT2D eigenvalue weighted by atomic mass is 15.1. The fraction of sp³-hybridized carbons (Fsp3) is 0.647. The fourth-order valence-corrected chi connectivity index (χ4v) is 2.06. The summed E-state index contributed by atoms with van der Waals surface area (Å²) in [6.07, 6.45) is 1.17. The summed E-state index contributed by atoms with van der Waals surface area (Å²) in [5.41, 5.74) is 8.67. The van der Waals surface area contributed by atoms with Crippen LogP contribution in [0, 0.1) is 5.92 Å². The molecule has 108 valence electrons. The minimum atomic E-state index is 0.237. The molecule has 0 aliphatic carbocycles. The summed E-state index contributed by atoms with van der Waals surface area (Å²) in [5, 5.41) is 0. The van der Waals surface area contributed by atoms with Crippen molar-refractivity contribution in [3.63, 3.8) is 0 Å². The first-order valence-corrected chi connectivity index (χ1v) is 7.31. The van der Waals surface area contributed by atoms with Crippen molar-refractivity contribution >= 4 is 0 Å². The van der Waals surface area contributed by atoms with Gasteiger partial charge in [-0.2, -0.15) is 0 Å². The number of benzene rings is 1. The van der Waals surface area contributed by atoms with E-state index in [2.05, 4.69) is 63.9 Å². The molecule has 0 saturated carbocycles. The summed E-state index contributed by atoms with van der Waals surface area (Å²) in [5.74, 6) is 0.616. The van der Waals surface area contributed by atoms with Gasteiger partial charge in [-0.05, 0) is 49.0 Å². The molecule has 0 aliphatic heterocycles. The van der Waals surface area contributed by atoms with E-state index in [9.17, 15) is 0 Å². The lowest BCUT2D eigenvalue weighted by atomic mass is 9.87. The molecule has 1 aromatic rings. The van der Waals surface area contributed by atoms with Crippen molar-refractivity contribution < 1.29 is 0 Å². The highest BCUT2D eigenvalue weighted by molar-refractivity contribution is 5.27. The van der Waals surface area contributed by atoms with E-state index < -0.39 is 0 Å². The molecule has 2 N–H and O–H groups in total. The normalized spacial score (nSPS) is 13.8. The quantitative estimate of drug-likeness (QED) is 0.851. The predicted octanol–water partition coefficient (Wildman–Crippen LogP) is 3.40. The molecule has 0 fully saturated rings. The van der Waals surface area contributed by atoms with E-state index >= 15 is 0 Å². The second-order valence-corrected chi connectivity index (χ2v) is 6.81. The zero-order valence-corrected chi connectivity index (χ0v) is 13.2. The summed E-state index contributed by atoms with van der Waals surface area (Å²) < 4.78 is 0. The molecular formula is C17H30N2. The van der Waals surface area contributed by atoms with Gasteiger partial charge in [0.2, 0.25) is 0 Å². The van der Waals surface area contributed by atoms with Crippen molar-refractivity contribution in [2.24, 2.45) is 11.7 Å². The van der Waals surface area contributed by atoms with Gasteiger partial charge >= 0.3 is 0 Å². The SMILES string of the molecule is CC(CN)CCN(C)Cc1ccc(C(C)(C)C)cc1. The average molecular weight is 262 g/mol. The summed E-state index contributed by atoms with van der Waals surface area (Å²) in [6, 6.07) is 9.02. The van der Waals surface area contributed by atoms with Crippen LogP contribution in [-0.2, 0) is 12.0 Å². The fourth-order valence-electron chi connectivity index (χ4n) is 2.06. The van der Waals surface area contributed by atoms with Crippen LogP contribution in [0.1, 0.15) is 45.2 Å². The van der Waals surface area contributed by atoms with E-state index in [1.807, 2.05) is 0 Å². The summed E-state index contributed by atoms with van der Waals surface area (Å²) in [6.45, 7) is 11.9. The van der Waals surface area contributed by atoms with Crippen molar-refractivity contribution in [3.05, 3.63) is 35.4 Å². The minimum Gasteiger partial charge on any atom is -0.330 e. The molecule has 1 rings (SSSR count). The number of hydrogen-bond donors (Lipinski definition) is 1. The topological polar surface area (TPSA) is 29.3 Å². The van der Waals surface area contributed by atoms with Gasteiger partial charge in [-0.3, -0.25) is 0 Å². The van der Waals surface area contributed by atoms with Crippen LogP contribution < -0.4 is 5.73 Å². The molecule has 0 bridgehead atoms. The monoisotopic (exact) mass is 262 g/mol. The molecule has 19 heavy (non-hydrogen) atoms. The van der Waals surface area contributed by atoms with Crippen LogP contribution in [0.25, 0.3) is 0 Å². The molecule has 0 radical (unpaired) electrons. The van der Waals surface area contributed by atoms with E-state index in [-0.39, 0.29) is 5.41 Å². The van der Waals surface area contributed by atoms with Gasteiger partial charge in [0.25, 0.3) is 0 Å². The molecule has 1 atom stereocenters. The Balaban J connectivity index is 2.49. The standard InChI is InChI=1S/C17H30N2/c1-14(12-18)10-11-19(5)13-15-6-8-16(9-7-15)17(2,3)4/h6-9,14H,10-13,18H2,1-5H3. The van der Waals surface area contributed by atoms with Crippen LogP contribution in [0.3, 0.4) is 0 Å². The zero-order chi connectivity index (χ0) is 14.5. The van der Waals surface area contributed by atoms with Crippen LogP contribution >= 0.6 is 0 Å². The Kier molecular flexibility index (Phi) is 6.02. The summed E-state index contributed by atoms with van der Waals surface area (Å²) in [4.78, 5) is 2.37. The van der Waals surface area contributed by atoms with Gasteiger partial charge in [-0.1, -0.05) is 52.0 Å². The van der Waals surface area contributed by atoms with Gasteiger partial charge in [-0.25, -0.2) is 0 Å². The first kappa shape index (κ1) is 16.2. The molecular weight excluding hydrogens is 232 g/mol. The average Bonchev–Trinajstić information content (AvgIpc) is 2.35. The molecule has 1 aromatic carbocycles. The Morgan fingerprint density at radius 1 is 1.16 bits per heavy atom. The van der Waals surface area contributed by atoms with Gasteiger partial charge in [0.05, 0.1) is 0 Å². The molecule has 0 amide bonds. The van der Waals surface area contributed by atoms with Crippen LogP contribution in [-0.4, -0.2) is 25.0 Å². The minimum absolute atomic E-state index is 0.237. The molecule has 0 spiro atoms. The molecule has 2 nitrogen and oxygen atoms in total. The maximum absolute atomic E-state index is 5.65. The Bertz CT molecular complexity index is 362.